The Balaban J connectivity index is 1.44. The number of aryl methyl sites for hydroxylation is 1. The molecule has 1 amide bonds. The van der Waals surface area contributed by atoms with Gasteiger partial charge >= 0.3 is 12.1 Å². The summed E-state index contributed by atoms with van der Waals surface area (Å²) in [6.07, 6.45) is -2.94. The van der Waals surface area contributed by atoms with Crippen LogP contribution in [0.15, 0.2) is 47.5 Å². The maximum absolute atomic E-state index is 13.0. The highest BCUT2D eigenvalue weighted by molar-refractivity contribution is 6.42. The van der Waals surface area contributed by atoms with E-state index >= 15 is 0 Å². The second-order valence-corrected chi connectivity index (χ2v) is 9.26. The van der Waals surface area contributed by atoms with Crippen molar-refractivity contribution in [3.05, 3.63) is 68.7 Å². The van der Waals surface area contributed by atoms with Crippen LogP contribution in [-0.2, 0) is 22.6 Å². The standard InChI is InChI=1S/C24H21Cl2F3N4O3/c25-19-5-2-15(11-20(19)26)1-4-17(34)13-33-14-30-21-6-3-16(12-18(21)22(33)35)31-7-9-32(10-8-31)23(36)24(27,28)29/h2-3,5-6,11-12,14H,1,4,7-10,13H2. The summed E-state index contributed by atoms with van der Waals surface area (Å²) in [4.78, 5) is 43.9. The summed E-state index contributed by atoms with van der Waals surface area (Å²) >= 11 is 11.9. The first-order chi connectivity index (χ1) is 17.0. The van der Waals surface area contributed by atoms with E-state index in [0.29, 0.717) is 33.1 Å². The molecule has 0 aliphatic carbocycles. The molecule has 1 aliphatic rings. The Labute approximate surface area is 214 Å². The fraction of sp³-hybridized carbons (Fsp3) is 0.333. The molecule has 0 unspecified atom stereocenters. The number of rotatable bonds is 6. The van der Waals surface area contributed by atoms with E-state index in [1.54, 1.807) is 41.3 Å². The number of carbonyl (C=O) groups is 2. The topological polar surface area (TPSA) is 75.5 Å². The van der Waals surface area contributed by atoms with Crippen molar-refractivity contribution in [3.8, 4) is 0 Å². The molecular formula is C24H21Cl2F3N4O3. The third-order valence-electron chi connectivity index (χ3n) is 6.01. The van der Waals surface area contributed by atoms with Crippen LogP contribution in [0.5, 0.6) is 0 Å². The van der Waals surface area contributed by atoms with E-state index in [2.05, 4.69) is 4.98 Å². The first-order valence-electron chi connectivity index (χ1n) is 11.1. The Morgan fingerprint density at radius 3 is 2.36 bits per heavy atom. The fourth-order valence-electron chi connectivity index (χ4n) is 4.05. The first kappa shape index (κ1) is 26.0. The van der Waals surface area contributed by atoms with E-state index < -0.39 is 17.6 Å². The van der Waals surface area contributed by atoms with Crippen molar-refractivity contribution >= 4 is 51.5 Å². The summed E-state index contributed by atoms with van der Waals surface area (Å²) < 4.78 is 39.3. The first-order valence-corrected chi connectivity index (χ1v) is 11.8. The zero-order valence-corrected chi connectivity index (χ0v) is 20.4. The molecule has 0 radical (unpaired) electrons. The fourth-order valence-corrected chi connectivity index (χ4v) is 4.37. The zero-order valence-electron chi connectivity index (χ0n) is 18.9. The molecule has 2 aromatic carbocycles. The number of ketones is 1. The lowest BCUT2D eigenvalue weighted by molar-refractivity contribution is -0.185. The Hall–Kier alpha value is -3.11. The summed E-state index contributed by atoms with van der Waals surface area (Å²) in [6.45, 7) is 0.0669. The number of Topliss-reactive ketones (excluding diaryl/α,β-unsaturated/α-hetero) is 1. The molecule has 0 atom stereocenters. The molecule has 12 heteroatoms. The zero-order chi connectivity index (χ0) is 26.0. The second-order valence-electron chi connectivity index (χ2n) is 8.44. The number of fused-ring (bicyclic) bond motifs is 1. The molecule has 1 saturated heterocycles. The van der Waals surface area contributed by atoms with Gasteiger partial charge in [0.25, 0.3) is 5.56 Å². The van der Waals surface area contributed by atoms with Gasteiger partial charge in [0.15, 0.2) is 5.78 Å². The molecule has 1 aliphatic heterocycles. The molecule has 0 N–H and O–H groups in total. The molecule has 0 saturated carbocycles. The van der Waals surface area contributed by atoms with Crippen LogP contribution in [0.25, 0.3) is 10.9 Å². The van der Waals surface area contributed by atoms with E-state index in [9.17, 15) is 27.6 Å². The van der Waals surface area contributed by atoms with Gasteiger partial charge in [0.1, 0.15) is 0 Å². The Bertz CT molecular complexity index is 1370. The Morgan fingerprint density at radius 1 is 0.972 bits per heavy atom. The predicted molar refractivity (Wildman–Crippen MR) is 131 cm³/mol. The van der Waals surface area contributed by atoms with Gasteiger partial charge in [-0.05, 0) is 42.3 Å². The summed E-state index contributed by atoms with van der Waals surface area (Å²) in [5, 5.41) is 1.12. The van der Waals surface area contributed by atoms with E-state index in [1.807, 2.05) is 0 Å². The van der Waals surface area contributed by atoms with Gasteiger partial charge in [-0.3, -0.25) is 19.0 Å². The second kappa shape index (κ2) is 10.5. The molecule has 7 nitrogen and oxygen atoms in total. The van der Waals surface area contributed by atoms with Gasteiger partial charge in [-0.15, -0.1) is 0 Å². The van der Waals surface area contributed by atoms with Gasteiger partial charge in [0.2, 0.25) is 0 Å². The minimum atomic E-state index is -4.90. The maximum atomic E-state index is 13.0. The SMILES string of the molecule is O=C(CCc1ccc(Cl)c(Cl)c1)Cn1cnc2ccc(N3CCN(C(=O)C(F)(F)F)CC3)cc2c1=O. The summed E-state index contributed by atoms with van der Waals surface area (Å²) in [6, 6.07) is 10.1. The van der Waals surface area contributed by atoms with E-state index in [0.717, 1.165) is 10.5 Å². The number of carbonyl (C=O) groups excluding carboxylic acids is 2. The van der Waals surface area contributed by atoms with E-state index in [1.165, 1.54) is 10.9 Å². The van der Waals surface area contributed by atoms with Crippen LogP contribution in [0, 0.1) is 0 Å². The Morgan fingerprint density at radius 2 is 1.69 bits per heavy atom. The van der Waals surface area contributed by atoms with Crippen molar-refractivity contribution in [1.29, 1.82) is 0 Å². The van der Waals surface area contributed by atoms with Crippen LogP contribution in [-0.4, -0.2) is 58.5 Å². The quantitative estimate of drug-likeness (QED) is 0.470. The number of anilines is 1. The average Bonchev–Trinajstić information content (AvgIpc) is 2.85. The van der Waals surface area contributed by atoms with Crippen LogP contribution < -0.4 is 10.5 Å². The number of halogens is 5. The minimum absolute atomic E-state index is 0.0824. The van der Waals surface area contributed by atoms with Crippen molar-refractivity contribution < 1.29 is 22.8 Å². The van der Waals surface area contributed by atoms with Crippen molar-refractivity contribution in [3.63, 3.8) is 0 Å². The number of amides is 1. The van der Waals surface area contributed by atoms with Gasteiger partial charge in [-0.25, -0.2) is 4.98 Å². The molecule has 36 heavy (non-hydrogen) atoms. The molecule has 3 aromatic rings. The average molecular weight is 541 g/mol. The number of benzene rings is 2. The molecule has 4 rings (SSSR count). The maximum Gasteiger partial charge on any atom is 0.471 e. The molecular weight excluding hydrogens is 520 g/mol. The molecule has 0 bridgehead atoms. The number of aromatic nitrogens is 2. The number of hydrogen-bond donors (Lipinski definition) is 0. The number of hydrogen-bond acceptors (Lipinski definition) is 5. The van der Waals surface area contributed by atoms with E-state index in [-0.39, 0.29) is 44.9 Å². The van der Waals surface area contributed by atoms with Crippen LogP contribution in [0.4, 0.5) is 18.9 Å². The monoisotopic (exact) mass is 540 g/mol. The smallest absolute Gasteiger partial charge is 0.368 e. The highest BCUT2D eigenvalue weighted by Gasteiger charge is 2.43. The third-order valence-corrected chi connectivity index (χ3v) is 6.74. The minimum Gasteiger partial charge on any atom is -0.368 e. The summed E-state index contributed by atoms with van der Waals surface area (Å²) in [5.74, 6) is -2.01. The van der Waals surface area contributed by atoms with Crippen LogP contribution in [0.3, 0.4) is 0 Å². The molecule has 190 valence electrons. The van der Waals surface area contributed by atoms with Gasteiger partial charge in [0.05, 0.1) is 33.8 Å². The van der Waals surface area contributed by atoms with Crippen LogP contribution >= 0.6 is 23.2 Å². The largest absolute Gasteiger partial charge is 0.471 e. The molecule has 0 spiro atoms. The van der Waals surface area contributed by atoms with Gasteiger partial charge < -0.3 is 9.80 Å². The lowest BCUT2D eigenvalue weighted by atomic mass is 10.1. The Kier molecular flexibility index (Phi) is 7.56. The molecule has 1 aromatic heterocycles. The van der Waals surface area contributed by atoms with Crippen molar-refractivity contribution in [2.24, 2.45) is 0 Å². The van der Waals surface area contributed by atoms with Crippen LogP contribution in [0.2, 0.25) is 10.0 Å². The number of alkyl halides is 3. The van der Waals surface area contributed by atoms with Crippen LogP contribution in [0.1, 0.15) is 12.0 Å². The molecule has 2 heterocycles. The summed E-state index contributed by atoms with van der Waals surface area (Å²) in [5.41, 5.74) is 1.53. The lowest BCUT2D eigenvalue weighted by Crippen LogP contribution is -2.52. The van der Waals surface area contributed by atoms with Crippen molar-refractivity contribution in [2.45, 2.75) is 25.6 Å². The normalized spacial score (nSPS) is 14.4. The number of nitrogens with zero attached hydrogens (tertiary/aromatic N) is 4. The third kappa shape index (κ3) is 5.82. The van der Waals surface area contributed by atoms with Gasteiger partial charge in [-0.2, -0.15) is 13.2 Å². The van der Waals surface area contributed by atoms with Gasteiger partial charge in [0, 0.05) is 38.3 Å². The predicted octanol–water partition coefficient (Wildman–Crippen LogP) is 4.12. The van der Waals surface area contributed by atoms with Crippen molar-refractivity contribution in [1.82, 2.24) is 14.5 Å². The van der Waals surface area contributed by atoms with Gasteiger partial charge in [-0.1, -0.05) is 29.3 Å². The van der Waals surface area contributed by atoms with Crippen molar-refractivity contribution in [2.75, 3.05) is 31.1 Å². The molecule has 1 fully saturated rings. The van der Waals surface area contributed by atoms with E-state index in [4.69, 9.17) is 23.2 Å². The number of piperazine rings is 1. The highest BCUT2D eigenvalue weighted by Crippen LogP contribution is 2.24. The lowest BCUT2D eigenvalue weighted by Gasteiger charge is -2.36. The summed E-state index contributed by atoms with van der Waals surface area (Å²) in [7, 11) is 0. The highest BCUT2D eigenvalue weighted by atomic mass is 35.5.